The third-order valence-corrected chi connectivity index (χ3v) is 5.00. The summed E-state index contributed by atoms with van der Waals surface area (Å²) in [6.07, 6.45) is 0. The molecule has 1 N–H and O–H groups in total. The standard InChI is InChI=1S/C20H20FN3O3S/c1-3-27-11-10-24-17-9-8-16(22-13(2)25)12-18(17)28-20(24)23-19(26)14-4-6-15(21)7-5-14/h4-9,12H,3,10-11H2,1-2H3,(H,22,25). The molecule has 3 aromatic rings. The molecule has 0 fully saturated rings. The van der Waals surface area contributed by atoms with Crippen molar-refractivity contribution in [1.29, 1.82) is 0 Å². The predicted octanol–water partition coefficient (Wildman–Crippen LogP) is 3.58. The highest BCUT2D eigenvalue weighted by molar-refractivity contribution is 7.16. The van der Waals surface area contributed by atoms with Crippen LogP contribution >= 0.6 is 11.3 Å². The smallest absolute Gasteiger partial charge is 0.279 e. The topological polar surface area (TPSA) is 72.7 Å². The van der Waals surface area contributed by atoms with Crippen LogP contribution in [0, 0.1) is 5.82 Å². The first-order chi connectivity index (χ1) is 13.5. The summed E-state index contributed by atoms with van der Waals surface area (Å²) in [7, 11) is 0. The Morgan fingerprint density at radius 1 is 1.21 bits per heavy atom. The highest BCUT2D eigenvalue weighted by Crippen LogP contribution is 2.22. The highest BCUT2D eigenvalue weighted by Gasteiger charge is 2.11. The number of hydrogen-bond donors (Lipinski definition) is 1. The van der Waals surface area contributed by atoms with Gasteiger partial charge in [0.05, 0.1) is 16.8 Å². The number of nitrogens with one attached hydrogen (secondary N) is 1. The van der Waals surface area contributed by atoms with Gasteiger partial charge in [0, 0.05) is 31.3 Å². The normalized spacial score (nSPS) is 11.8. The zero-order valence-corrected chi connectivity index (χ0v) is 16.4. The fraction of sp³-hybridized carbons (Fsp3) is 0.250. The molecule has 1 heterocycles. The van der Waals surface area contributed by atoms with E-state index in [-0.39, 0.29) is 5.91 Å². The summed E-state index contributed by atoms with van der Waals surface area (Å²) in [5.74, 6) is -1.01. The molecule has 2 aromatic carbocycles. The Morgan fingerprint density at radius 3 is 2.64 bits per heavy atom. The number of benzene rings is 2. The molecule has 0 saturated heterocycles. The van der Waals surface area contributed by atoms with Crippen molar-refractivity contribution in [3.63, 3.8) is 0 Å². The molecule has 0 saturated carbocycles. The van der Waals surface area contributed by atoms with Crippen LogP contribution in [0.15, 0.2) is 47.5 Å². The Balaban J connectivity index is 2.04. The fourth-order valence-corrected chi connectivity index (χ4v) is 3.79. The molecule has 28 heavy (non-hydrogen) atoms. The minimum atomic E-state index is -0.446. The van der Waals surface area contributed by atoms with Crippen LogP contribution in [-0.4, -0.2) is 29.6 Å². The predicted molar refractivity (Wildman–Crippen MR) is 107 cm³/mol. The molecule has 3 rings (SSSR count). The number of hydrogen-bond acceptors (Lipinski definition) is 4. The van der Waals surface area contributed by atoms with Crippen LogP contribution in [-0.2, 0) is 16.1 Å². The summed E-state index contributed by atoms with van der Waals surface area (Å²) in [6.45, 7) is 4.97. The van der Waals surface area contributed by atoms with Crippen molar-refractivity contribution >= 4 is 39.1 Å². The average Bonchev–Trinajstić information content (AvgIpc) is 2.98. The summed E-state index contributed by atoms with van der Waals surface area (Å²) in [4.78, 5) is 28.6. The molecule has 1 aromatic heterocycles. The summed E-state index contributed by atoms with van der Waals surface area (Å²) < 4.78 is 21.3. The third kappa shape index (κ3) is 4.71. The van der Waals surface area contributed by atoms with E-state index in [1.165, 1.54) is 42.5 Å². The second kappa shape index (κ2) is 8.90. The number of carbonyl (C=O) groups excluding carboxylic acids is 2. The average molecular weight is 401 g/mol. The van der Waals surface area contributed by atoms with Crippen LogP contribution in [0.4, 0.5) is 10.1 Å². The van der Waals surface area contributed by atoms with Crippen molar-refractivity contribution in [1.82, 2.24) is 4.57 Å². The lowest BCUT2D eigenvalue weighted by molar-refractivity contribution is -0.114. The molecule has 0 bridgehead atoms. The van der Waals surface area contributed by atoms with Crippen molar-refractivity contribution in [2.75, 3.05) is 18.5 Å². The first-order valence-corrected chi connectivity index (χ1v) is 9.63. The van der Waals surface area contributed by atoms with Gasteiger partial charge in [-0.1, -0.05) is 11.3 Å². The van der Waals surface area contributed by atoms with Gasteiger partial charge in [-0.05, 0) is 49.4 Å². The lowest BCUT2D eigenvalue weighted by Crippen LogP contribution is -2.19. The number of rotatable bonds is 6. The molecule has 0 aliphatic carbocycles. The molecule has 6 nitrogen and oxygen atoms in total. The van der Waals surface area contributed by atoms with Crippen LogP contribution in [0.3, 0.4) is 0 Å². The van der Waals surface area contributed by atoms with E-state index in [4.69, 9.17) is 4.74 Å². The van der Waals surface area contributed by atoms with Crippen LogP contribution < -0.4 is 10.1 Å². The molecule has 146 valence electrons. The Kier molecular flexibility index (Phi) is 6.33. The van der Waals surface area contributed by atoms with Crippen LogP contribution in [0.25, 0.3) is 10.2 Å². The summed E-state index contributed by atoms with van der Waals surface area (Å²) >= 11 is 1.34. The Morgan fingerprint density at radius 2 is 1.96 bits per heavy atom. The SMILES string of the molecule is CCOCCn1c(=NC(=O)c2ccc(F)cc2)sc2cc(NC(C)=O)ccc21. The number of amides is 2. The molecule has 0 spiro atoms. The molecular formula is C20H20FN3O3S. The number of ether oxygens (including phenoxy) is 1. The molecular weight excluding hydrogens is 381 g/mol. The van der Waals surface area contributed by atoms with E-state index in [9.17, 15) is 14.0 Å². The van der Waals surface area contributed by atoms with E-state index in [1.54, 1.807) is 6.07 Å². The number of aromatic nitrogens is 1. The molecule has 8 heteroatoms. The minimum absolute atomic E-state index is 0.156. The number of thiazole rings is 1. The third-order valence-electron chi connectivity index (χ3n) is 3.95. The maximum Gasteiger partial charge on any atom is 0.279 e. The first kappa shape index (κ1) is 19.9. The van der Waals surface area contributed by atoms with Crippen molar-refractivity contribution in [2.45, 2.75) is 20.4 Å². The van der Waals surface area contributed by atoms with E-state index < -0.39 is 11.7 Å². The van der Waals surface area contributed by atoms with E-state index >= 15 is 0 Å². The van der Waals surface area contributed by atoms with Gasteiger partial charge in [0.25, 0.3) is 5.91 Å². The van der Waals surface area contributed by atoms with Gasteiger partial charge in [0.15, 0.2) is 4.80 Å². The van der Waals surface area contributed by atoms with Crippen molar-refractivity contribution in [2.24, 2.45) is 4.99 Å². The van der Waals surface area contributed by atoms with E-state index in [2.05, 4.69) is 10.3 Å². The van der Waals surface area contributed by atoms with Crippen LogP contribution in [0.1, 0.15) is 24.2 Å². The lowest BCUT2D eigenvalue weighted by Gasteiger charge is -2.06. The summed E-state index contributed by atoms with van der Waals surface area (Å²) in [5, 5.41) is 2.75. The number of halogens is 1. The van der Waals surface area contributed by atoms with E-state index in [1.807, 2.05) is 23.6 Å². The van der Waals surface area contributed by atoms with Gasteiger partial charge >= 0.3 is 0 Å². The lowest BCUT2D eigenvalue weighted by atomic mass is 10.2. The zero-order chi connectivity index (χ0) is 20.1. The number of anilines is 1. The monoisotopic (exact) mass is 401 g/mol. The van der Waals surface area contributed by atoms with E-state index in [0.717, 1.165) is 10.2 Å². The Hall–Kier alpha value is -2.84. The fourth-order valence-electron chi connectivity index (χ4n) is 2.70. The quantitative estimate of drug-likeness (QED) is 0.642. The largest absolute Gasteiger partial charge is 0.380 e. The molecule has 0 aliphatic heterocycles. The van der Waals surface area contributed by atoms with Gasteiger partial charge < -0.3 is 14.6 Å². The maximum absolute atomic E-state index is 13.1. The van der Waals surface area contributed by atoms with Gasteiger partial charge in [0.1, 0.15) is 5.82 Å². The summed E-state index contributed by atoms with van der Waals surface area (Å²) in [5.41, 5.74) is 1.88. The molecule has 0 radical (unpaired) electrons. The Bertz CT molecular complexity index is 1070. The van der Waals surface area contributed by atoms with Crippen molar-refractivity contribution in [3.8, 4) is 0 Å². The van der Waals surface area contributed by atoms with Crippen LogP contribution in [0.5, 0.6) is 0 Å². The Labute approximate surface area is 165 Å². The molecule has 0 atom stereocenters. The number of fused-ring (bicyclic) bond motifs is 1. The molecule has 0 unspecified atom stereocenters. The van der Waals surface area contributed by atoms with Gasteiger partial charge in [-0.15, -0.1) is 0 Å². The molecule has 2 amide bonds. The molecule has 0 aliphatic rings. The second-order valence-electron chi connectivity index (χ2n) is 6.02. The maximum atomic E-state index is 13.1. The number of nitrogens with zero attached hydrogens (tertiary/aromatic N) is 2. The van der Waals surface area contributed by atoms with Crippen molar-refractivity contribution < 1.29 is 18.7 Å². The number of carbonyl (C=O) groups is 2. The summed E-state index contributed by atoms with van der Waals surface area (Å²) in [6, 6.07) is 10.8. The highest BCUT2D eigenvalue weighted by atomic mass is 32.1. The van der Waals surface area contributed by atoms with E-state index in [0.29, 0.717) is 35.8 Å². The van der Waals surface area contributed by atoms with Gasteiger partial charge in [-0.3, -0.25) is 9.59 Å². The first-order valence-electron chi connectivity index (χ1n) is 8.81. The van der Waals surface area contributed by atoms with Gasteiger partial charge in [-0.25, -0.2) is 4.39 Å². The van der Waals surface area contributed by atoms with Crippen molar-refractivity contribution in [3.05, 3.63) is 58.6 Å². The van der Waals surface area contributed by atoms with Gasteiger partial charge in [0.2, 0.25) is 5.91 Å². The van der Waals surface area contributed by atoms with Gasteiger partial charge in [-0.2, -0.15) is 4.99 Å². The second-order valence-corrected chi connectivity index (χ2v) is 7.03. The minimum Gasteiger partial charge on any atom is -0.380 e. The zero-order valence-electron chi connectivity index (χ0n) is 15.6. The van der Waals surface area contributed by atoms with Crippen LogP contribution in [0.2, 0.25) is 0 Å².